The molecule has 0 bridgehead atoms. The van der Waals surface area contributed by atoms with E-state index in [-0.39, 0.29) is 0 Å². The average molecular weight is 258 g/mol. The van der Waals surface area contributed by atoms with Gasteiger partial charge in [0.15, 0.2) is 5.82 Å². The number of nitrogen functional groups attached to an aromatic ring is 1. The lowest BCUT2D eigenvalue weighted by Gasteiger charge is -2.12. The van der Waals surface area contributed by atoms with E-state index in [2.05, 4.69) is 15.4 Å². The summed E-state index contributed by atoms with van der Waals surface area (Å²) in [6.07, 6.45) is 0. The van der Waals surface area contributed by atoms with E-state index in [1.54, 1.807) is 7.11 Å². The predicted molar refractivity (Wildman–Crippen MR) is 75.5 cm³/mol. The molecule has 19 heavy (non-hydrogen) atoms. The molecule has 0 atom stereocenters. The summed E-state index contributed by atoms with van der Waals surface area (Å²) in [6, 6.07) is 7.93. The highest BCUT2D eigenvalue weighted by atomic mass is 16.5. The van der Waals surface area contributed by atoms with Gasteiger partial charge in [0.1, 0.15) is 5.82 Å². The van der Waals surface area contributed by atoms with Gasteiger partial charge in [0.2, 0.25) is 0 Å². The first kappa shape index (κ1) is 13.5. The molecule has 0 fully saturated rings. The van der Waals surface area contributed by atoms with Crippen LogP contribution in [0.5, 0.6) is 0 Å². The Kier molecular flexibility index (Phi) is 4.09. The number of hydrogen-bond acceptors (Lipinski definition) is 5. The normalized spacial score (nSPS) is 10.5. The van der Waals surface area contributed by atoms with Crippen LogP contribution in [0.25, 0.3) is 11.4 Å². The summed E-state index contributed by atoms with van der Waals surface area (Å²) in [5.41, 5.74) is 6.49. The summed E-state index contributed by atoms with van der Waals surface area (Å²) in [6.45, 7) is 4.41. The smallest absolute Gasteiger partial charge is 0.162 e. The Morgan fingerprint density at radius 3 is 2.63 bits per heavy atom. The number of nitrogens with one attached hydrogen (secondary N) is 1. The monoisotopic (exact) mass is 258 g/mol. The molecular formula is C14H18N4O. The molecular weight excluding hydrogens is 240 g/mol. The minimum Gasteiger partial charge on any atom is -0.380 e. The Balaban J connectivity index is 2.56. The Morgan fingerprint density at radius 1 is 1.21 bits per heavy atom. The van der Waals surface area contributed by atoms with Gasteiger partial charge in [-0.05, 0) is 19.4 Å². The number of aromatic nitrogens is 2. The topological polar surface area (TPSA) is 73.1 Å². The van der Waals surface area contributed by atoms with Gasteiger partial charge in [-0.25, -0.2) is 15.8 Å². The van der Waals surface area contributed by atoms with Crippen LogP contribution in [0.15, 0.2) is 24.3 Å². The van der Waals surface area contributed by atoms with Crippen LogP contribution in [0.1, 0.15) is 16.8 Å². The maximum absolute atomic E-state index is 5.50. The van der Waals surface area contributed by atoms with Crippen molar-refractivity contribution in [2.24, 2.45) is 5.84 Å². The van der Waals surface area contributed by atoms with Gasteiger partial charge in [-0.2, -0.15) is 0 Å². The molecule has 0 spiro atoms. The van der Waals surface area contributed by atoms with Crippen molar-refractivity contribution in [2.45, 2.75) is 20.5 Å². The number of nitrogens with zero attached hydrogens (tertiary/aromatic N) is 2. The van der Waals surface area contributed by atoms with Gasteiger partial charge in [-0.15, -0.1) is 0 Å². The second-order valence-electron chi connectivity index (χ2n) is 4.34. The SMILES string of the molecule is COCc1ccccc1-c1nc(C)c(C)c(NN)n1. The van der Waals surface area contributed by atoms with E-state index in [9.17, 15) is 0 Å². The highest BCUT2D eigenvalue weighted by molar-refractivity contribution is 5.63. The molecule has 0 saturated carbocycles. The first-order chi connectivity index (χ1) is 9.17. The van der Waals surface area contributed by atoms with Crippen molar-refractivity contribution in [2.75, 3.05) is 12.5 Å². The van der Waals surface area contributed by atoms with Crippen LogP contribution < -0.4 is 11.3 Å². The van der Waals surface area contributed by atoms with Crippen molar-refractivity contribution >= 4 is 5.82 Å². The van der Waals surface area contributed by atoms with E-state index >= 15 is 0 Å². The van der Waals surface area contributed by atoms with Gasteiger partial charge in [0.25, 0.3) is 0 Å². The third-order valence-electron chi connectivity index (χ3n) is 3.08. The molecule has 5 heteroatoms. The maximum atomic E-state index is 5.50. The molecule has 3 N–H and O–H groups in total. The number of nitrogens with two attached hydrogens (primary N) is 1. The maximum Gasteiger partial charge on any atom is 0.162 e. The van der Waals surface area contributed by atoms with E-state index < -0.39 is 0 Å². The number of hydrogen-bond donors (Lipinski definition) is 2. The minimum absolute atomic E-state index is 0.526. The lowest BCUT2D eigenvalue weighted by atomic mass is 10.1. The van der Waals surface area contributed by atoms with Crippen molar-refractivity contribution in [3.8, 4) is 11.4 Å². The molecule has 0 unspecified atom stereocenters. The van der Waals surface area contributed by atoms with Gasteiger partial charge in [0.05, 0.1) is 6.61 Å². The first-order valence-electron chi connectivity index (χ1n) is 6.06. The zero-order valence-corrected chi connectivity index (χ0v) is 11.4. The number of hydrazine groups is 1. The van der Waals surface area contributed by atoms with Crippen LogP contribution in [0.3, 0.4) is 0 Å². The molecule has 100 valence electrons. The van der Waals surface area contributed by atoms with Crippen LogP contribution in [-0.4, -0.2) is 17.1 Å². The van der Waals surface area contributed by atoms with Crippen molar-refractivity contribution in [1.29, 1.82) is 0 Å². The Morgan fingerprint density at radius 2 is 1.95 bits per heavy atom. The van der Waals surface area contributed by atoms with Crippen molar-refractivity contribution < 1.29 is 4.74 Å². The fourth-order valence-electron chi connectivity index (χ4n) is 1.91. The minimum atomic E-state index is 0.526. The van der Waals surface area contributed by atoms with Gasteiger partial charge >= 0.3 is 0 Å². The molecule has 1 aromatic heterocycles. The van der Waals surface area contributed by atoms with Crippen molar-refractivity contribution in [3.63, 3.8) is 0 Å². The van der Waals surface area contributed by atoms with E-state index in [0.717, 1.165) is 22.4 Å². The van der Waals surface area contributed by atoms with Crippen LogP contribution in [-0.2, 0) is 11.3 Å². The van der Waals surface area contributed by atoms with Crippen LogP contribution in [0.4, 0.5) is 5.82 Å². The summed E-state index contributed by atoms with van der Waals surface area (Å²) in [5, 5.41) is 0. The standard InChI is InChI=1S/C14H18N4O/c1-9-10(2)16-14(17-13(9)18-15)12-7-5-4-6-11(12)8-19-3/h4-7H,8,15H2,1-3H3,(H,16,17,18). The molecule has 0 aliphatic rings. The molecule has 0 aliphatic heterocycles. The Bertz CT molecular complexity index is 584. The number of rotatable bonds is 4. The quantitative estimate of drug-likeness (QED) is 0.649. The summed E-state index contributed by atoms with van der Waals surface area (Å²) >= 11 is 0. The van der Waals surface area contributed by atoms with Crippen molar-refractivity contribution in [3.05, 3.63) is 41.1 Å². The largest absolute Gasteiger partial charge is 0.380 e. The van der Waals surface area contributed by atoms with Crippen molar-refractivity contribution in [1.82, 2.24) is 9.97 Å². The molecule has 5 nitrogen and oxygen atoms in total. The summed E-state index contributed by atoms with van der Waals surface area (Å²) < 4.78 is 5.20. The predicted octanol–water partition coefficient (Wildman–Crippen LogP) is 2.19. The molecule has 1 aromatic carbocycles. The van der Waals surface area contributed by atoms with Gasteiger partial charge in [-0.3, -0.25) is 0 Å². The number of methoxy groups -OCH3 is 1. The van der Waals surface area contributed by atoms with E-state index in [0.29, 0.717) is 18.2 Å². The summed E-state index contributed by atoms with van der Waals surface area (Å²) in [5.74, 6) is 6.80. The third-order valence-corrected chi connectivity index (χ3v) is 3.08. The molecule has 0 amide bonds. The molecule has 0 aliphatic carbocycles. The van der Waals surface area contributed by atoms with Crippen LogP contribution >= 0.6 is 0 Å². The third kappa shape index (κ3) is 2.72. The number of benzene rings is 1. The first-order valence-corrected chi connectivity index (χ1v) is 6.06. The Labute approximate surface area is 112 Å². The van der Waals surface area contributed by atoms with Gasteiger partial charge in [0, 0.05) is 23.9 Å². The zero-order chi connectivity index (χ0) is 13.8. The highest BCUT2D eigenvalue weighted by Crippen LogP contribution is 2.24. The van der Waals surface area contributed by atoms with Crippen LogP contribution in [0, 0.1) is 13.8 Å². The summed E-state index contributed by atoms with van der Waals surface area (Å²) in [4.78, 5) is 8.99. The lowest BCUT2D eigenvalue weighted by Crippen LogP contribution is -2.12. The van der Waals surface area contributed by atoms with E-state index in [1.165, 1.54) is 0 Å². The molecule has 2 rings (SSSR count). The molecule has 2 aromatic rings. The number of aryl methyl sites for hydroxylation is 1. The second kappa shape index (κ2) is 5.77. The fourth-order valence-corrected chi connectivity index (χ4v) is 1.91. The Hall–Kier alpha value is -1.98. The van der Waals surface area contributed by atoms with Gasteiger partial charge < -0.3 is 10.2 Å². The fraction of sp³-hybridized carbons (Fsp3) is 0.286. The van der Waals surface area contributed by atoms with E-state index in [1.807, 2.05) is 38.1 Å². The number of ether oxygens (including phenoxy) is 1. The molecule has 0 saturated heterocycles. The zero-order valence-electron chi connectivity index (χ0n) is 11.4. The highest BCUT2D eigenvalue weighted by Gasteiger charge is 2.11. The van der Waals surface area contributed by atoms with Gasteiger partial charge in [-0.1, -0.05) is 24.3 Å². The molecule has 0 radical (unpaired) electrons. The second-order valence-corrected chi connectivity index (χ2v) is 4.34. The summed E-state index contributed by atoms with van der Waals surface area (Å²) in [7, 11) is 1.67. The number of anilines is 1. The molecule has 1 heterocycles. The average Bonchev–Trinajstić information content (AvgIpc) is 2.43. The van der Waals surface area contributed by atoms with E-state index in [4.69, 9.17) is 10.6 Å². The van der Waals surface area contributed by atoms with Crippen LogP contribution in [0.2, 0.25) is 0 Å². The lowest BCUT2D eigenvalue weighted by molar-refractivity contribution is 0.185.